The van der Waals surface area contributed by atoms with Gasteiger partial charge < -0.3 is 11.6 Å². The van der Waals surface area contributed by atoms with Crippen LogP contribution in [0.3, 0.4) is 0 Å². The molecule has 0 saturated carbocycles. The van der Waals surface area contributed by atoms with Gasteiger partial charge in [0.25, 0.3) is 0 Å². The Labute approximate surface area is 120 Å². The van der Waals surface area contributed by atoms with Crippen molar-refractivity contribution < 1.29 is 68.4 Å². The zero-order chi connectivity index (χ0) is 19.1. The van der Waals surface area contributed by atoms with Crippen molar-refractivity contribution in [3.05, 3.63) is 11.6 Å². The fourth-order valence-corrected chi connectivity index (χ4v) is 1.92. The number of nitrogens with zero attached hydrogens (tertiary/aromatic N) is 1. The van der Waals surface area contributed by atoms with Gasteiger partial charge in [-0.2, -0.15) is 26.3 Å². The van der Waals surface area contributed by atoms with E-state index in [4.69, 9.17) is 0 Å². The van der Waals surface area contributed by atoms with Gasteiger partial charge in [-0.25, -0.2) is 16.8 Å². The van der Waals surface area contributed by atoms with Crippen LogP contribution in [0, 0.1) is 7.43 Å². The molecule has 0 aliphatic rings. The topological polar surface area (TPSA) is 82.4 Å². The molecule has 0 aromatic rings. The Morgan fingerprint density at radius 1 is 0.609 bits per heavy atom. The smallest absolute Gasteiger partial charge is 0.421 e. The van der Waals surface area contributed by atoms with Crippen LogP contribution in [0.5, 0.6) is 0 Å². The van der Waals surface area contributed by atoms with Crippen molar-refractivity contribution in [1.82, 2.24) is 0 Å². The van der Waals surface area contributed by atoms with Crippen molar-refractivity contribution in [3.8, 4) is 0 Å². The summed E-state index contributed by atoms with van der Waals surface area (Å²) in [6, 6.07) is 0. The van der Waals surface area contributed by atoms with E-state index in [9.17, 15) is 68.4 Å². The Bertz CT molecular complexity index is 554. The van der Waals surface area contributed by atoms with Gasteiger partial charge in [-0.3, -0.25) is 0 Å². The van der Waals surface area contributed by atoms with Crippen molar-refractivity contribution in [3.63, 3.8) is 0 Å². The SMILES string of the molecule is F[P-](F)(F)(F)(F)F.O=S(=O)([N-]S(=O)(=O)C(F)(F)F)C(F)(F)F.[CH3-]. The molecular weight excluding hydrogens is 437 g/mol. The van der Waals surface area contributed by atoms with Crippen molar-refractivity contribution in [2.24, 2.45) is 0 Å². The normalized spacial score (nSPS) is 17.0. The summed E-state index contributed by atoms with van der Waals surface area (Å²) < 4.78 is 168. The van der Waals surface area contributed by atoms with E-state index in [0.717, 1.165) is 4.13 Å². The molecular formula is C3H3F12NO4PS2-3. The molecule has 0 aliphatic carbocycles. The van der Waals surface area contributed by atoms with Crippen molar-refractivity contribution in [2.45, 2.75) is 11.0 Å². The average molecular weight is 440 g/mol. The van der Waals surface area contributed by atoms with E-state index in [1.165, 1.54) is 0 Å². The molecule has 0 unspecified atom stereocenters. The maximum atomic E-state index is 11.4. The monoisotopic (exact) mass is 440 g/mol. The molecule has 0 fully saturated rings. The van der Waals surface area contributed by atoms with Crippen molar-refractivity contribution in [2.75, 3.05) is 0 Å². The van der Waals surface area contributed by atoms with Crippen LogP contribution in [-0.4, -0.2) is 27.9 Å². The first-order valence-corrected chi connectivity index (χ1v) is 8.50. The molecule has 0 heterocycles. The average Bonchev–Trinajstić information content (AvgIpc) is 1.88. The second-order valence-electron chi connectivity index (χ2n) is 2.87. The summed E-state index contributed by atoms with van der Waals surface area (Å²) in [6.45, 7) is 0. The molecule has 0 aromatic carbocycles. The third-order valence-corrected chi connectivity index (χ3v) is 3.52. The molecule has 0 bridgehead atoms. The molecule has 0 amide bonds. The quantitative estimate of drug-likeness (QED) is 0.348. The van der Waals surface area contributed by atoms with E-state index >= 15 is 0 Å². The fourth-order valence-electron chi connectivity index (χ4n) is 0.214. The number of hydrogen-bond donors (Lipinski definition) is 0. The fraction of sp³-hybridized carbons (Fsp3) is 0.667. The molecule has 0 saturated heterocycles. The van der Waals surface area contributed by atoms with E-state index in [2.05, 4.69) is 0 Å². The zero-order valence-corrected chi connectivity index (χ0v) is 12.4. The minimum absolute atomic E-state index is 0. The van der Waals surface area contributed by atoms with Gasteiger partial charge in [-0.1, -0.05) is 0 Å². The van der Waals surface area contributed by atoms with Gasteiger partial charge in [-0.15, -0.1) is 0 Å². The van der Waals surface area contributed by atoms with Gasteiger partial charge in [0.2, 0.25) is 0 Å². The van der Waals surface area contributed by atoms with Crippen LogP contribution >= 0.6 is 7.81 Å². The standard InChI is InChI=1S/C2F6NO4S2.CH3.F6P/c3-1(4,5)14(10,11)9-15(12,13)2(6,7)8;;1-7(2,3,4,5)6/h;1H3;/q3*-1. The Morgan fingerprint density at radius 3 is 0.826 bits per heavy atom. The van der Waals surface area contributed by atoms with Crippen LogP contribution in [-0.2, 0) is 20.0 Å². The van der Waals surface area contributed by atoms with E-state index in [-0.39, 0.29) is 7.43 Å². The molecule has 148 valence electrons. The van der Waals surface area contributed by atoms with E-state index in [1.54, 1.807) is 0 Å². The molecule has 0 rings (SSSR count). The van der Waals surface area contributed by atoms with Gasteiger partial charge in [0, 0.05) is 0 Å². The number of sulfonamides is 2. The Kier molecular flexibility index (Phi) is 6.84. The number of hydrogen-bond acceptors (Lipinski definition) is 4. The van der Waals surface area contributed by atoms with Crippen LogP contribution in [0.15, 0.2) is 0 Å². The van der Waals surface area contributed by atoms with Crippen molar-refractivity contribution in [1.29, 1.82) is 0 Å². The van der Waals surface area contributed by atoms with Gasteiger partial charge in [0.05, 0.1) is 0 Å². The minimum Gasteiger partial charge on any atom is -0.421 e. The molecule has 0 aromatic heterocycles. The predicted molar refractivity (Wildman–Crippen MR) is 53.3 cm³/mol. The molecule has 23 heavy (non-hydrogen) atoms. The van der Waals surface area contributed by atoms with Gasteiger partial charge in [0.1, 0.15) is 0 Å². The first-order valence-electron chi connectivity index (χ1n) is 3.59. The summed E-state index contributed by atoms with van der Waals surface area (Å²) in [5.74, 6) is 0. The Morgan fingerprint density at radius 2 is 0.739 bits per heavy atom. The number of alkyl halides is 6. The number of rotatable bonds is 2. The summed E-state index contributed by atoms with van der Waals surface area (Å²) in [4.78, 5) is 0. The van der Waals surface area contributed by atoms with Crippen LogP contribution in [0.1, 0.15) is 0 Å². The maximum Gasteiger partial charge on any atom is 0.480 e. The summed E-state index contributed by atoms with van der Waals surface area (Å²) in [6.07, 6.45) is 0. The Hall–Kier alpha value is -0.550. The van der Waals surface area contributed by atoms with Gasteiger partial charge in [-0.05, 0) is 0 Å². The Balaban J connectivity index is -0.000000425. The van der Waals surface area contributed by atoms with Crippen LogP contribution in [0.25, 0.3) is 4.13 Å². The third kappa shape index (κ3) is 14.8. The van der Waals surface area contributed by atoms with Crippen LogP contribution in [0.2, 0.25) is 0 Å². The van der Waals surface area contributed by atoms with E-state index in [1.807, 2.05) is 0 Å². The summed E-state index contributed by atoms with van der Waals surface area (Å²) in [5, 5.41) is 0. The second kappa shape index (κ2) is 5.76. The van der Waals surface area contributed by atoms with Crippen LogP contribution < -0.4 is 0 Å². The van der Waals surface area contributed by atoms with E-state index < -0.39 is 38.9 Å². The maximum absolute atomic E-state index is 11.4. The first kappa shape index (κ1) is 27.3. The summed E-state index contributed by atoms with van der Waals surface area (Å²) in [5.41, 5.74) is -12.4. The predicted octanol–water partition coefficient (Wildman–Crippen LogP) is 4.89. The molecule has 20 heteroatoms. The first-order chi connectivity index (χ1) is 8.66. The molecule has 0 spiro atoms. The van der Waals surface area contributed by atoms with Gasteiger partial charge >= 0.3 is 44.0 Å². The molecule has 0 aliphatic heterocycles. The second-order valence-corrected chi connectivity index (χ2v) is 8.21. The van der Waals surface area contributed by atoms with Crippen molar-refractivity contribution >= 4 is 27.9 Å². The zero-order valence-electron chi connectivity index (χ0n) is 9.88. The minimum atomic E-state index is -10.7. The largest absolute Gasteiger partial charge is 0.480 e. The molecule has 0 radical (unpaired) electrons. The van der Waals surface area contributed by atoms with Crippen LogP contribution in [0.4, 0.5) is 51.5 Å². The summed E-state index contributed by atoms with van der Waals surface area (Å²) >= 11 is 0. The molecule has 0 atom stereocenters. The number of halogens is 12. The van der Waals surface area contributed by atoms with Gasteiger partial charge in [0.15, 0.2) is 20.0 Å². The molecule has 0 N–H and O–H groups in total. The molecule has 5 nitrogen and oxygen atoms in total. The third-order valence-electron chi connectivity index (χ3n) is 0.781. The summed E-state index contributed by atoms with van der Waals surface area (Å²) in [7, 11) is -24.1. The van der Waals surface area contributed by atoms with E-state index in [0.29, 0.717) is 0 Å².